The summed E-state index contributed by atoms with van der Waals surface area (Å²) in [5.74, 6) is -0.585. The zero-order valence-electron chi connectivity index (χ0n) is 12.6. The average Bonchev–Trinajstić information content (AvgIpc) is 2.43. The minimum Gasteiger partial charge on any atom is -0.481 e. The van der Waals surface area contributed by atoms with Gasteiger partial charge in [-0.05, 0) is 32.4 Å². The summed E-state index contributed by atoms with van der Waals surface area (Å²) in [6, 6.07) is 4.13. The molecule has 6 heteroatoms. The number of carbonyl (C=O) groups excluding carboxylic acids is 1. The van der Waals surface area contributed by atoms with E-state index in [4.69, 9.17) is 9.47 Å². The summed E-state index contributed by atoms with van der Waals surface area (Å²) in [7, 11) is 1.60. The van der Waals surface area contributed by atoms with Gasteiger partial charge in [0.2, 0.25) is 0 Å². The summed E-state index contributed by atoms with van der Waals surface area (Å²) >= 11 is 0. The van der Waals surface area contributed by atoms with E-state index in [1.807, 2.05) is 0 Å². The second-order valence-electron chi connectivity index (χ2n) is 4.76. The van der Waals surface area contributed by atoms with E-state index in [2.05, 4.69) is 5.32 Å². The first kappa shape index (κ1) is 17.4. The Balaban J connectivity index is 2.52. The Bertz CT molecular complexity index is 465. The lowest BCUT2D eigenvalue weighted by Gasteiger charge is -2.15. The van der Waals surface area contributed by atoms with Crippen molar-refractivity contribution in [1.82, 2.24) is 5.32 Å². The number of halogens is 1. The Hall–Kier alpha value is -1.66. The van der Waals surface area contributed by atoms with E-state index in [-0.39, 0.29) is 17.2 Å². The van der Waals surface area contributed by atoms with E-state index < -0.39 is 18.0 Å². The largest absolute Gasteiger partial charge is 0.481 e. The van der Waals surface area contributed by atoms with Crippen molar-refractivity contribution in [3.8, 4) is 5.75 Å². The van der Waals surface area contributed by atoms with Crippen LogP contribution in [0.15, 0.2) is 18.2 Å². The normalized spacial score (nSPS) is 13.6. The topological polar surface area (TPSA) is 67.8 Å². The van der Waals surface area contributed by atoms with Crippen molar-refractivity contribution in [1.29, 1.82) is 0 Å². The SMILES string of the molecule is COCCCNC(=O)C(C)Oc1ccc([C@@H](C)O)c(F)c1. The molecule has 0 aromatic heterocycles. The number of hydrogen-bond acceptors (Lipinski definition) is 4. The fourth-order valence-electron chi connectivity index (χ4n) is 1.75. The van der Waals surface area contributed by atoms with E-state index in [9.17, 15) is 14.3 Å². The van der Waals surface area contributed by atoms with Crippen LogP contribution in [0.2, 0.25) is 0 Å². The summed E-state index contributed by atoms with van der Waals surface area (Å²) in [4.78, 5) is 11.8. The van der Waals surface area contributed by atoms with Crippen LogP contribution in [0, 0.1) is 5.82 Å². The predicted octanol–water partition coefficient (Wildman–Crippen LogP) is 1.80. The number of nitrogens with one attached hydrogen (secondary N) is 1. The molecule has 0 fully saturated rings. The second-order valence-corrected chi connectivity index (χ2v) is 4.76. The molecule has 0 aliphatic carbocycles. The number of aliphatic hydroxyl groups is 1. The monoisotopic (exact) mass is 299 g/mol. The van der Waals surface area contributed by atoms with Gasteiger partial charge in [-0.25, -0.2) is 4.39 Å². The molecule has 0 aliphatic rings. The van der Waals surface area contributed by atoms with Crippen molar-refractivity contribution in [2.24, 2.45) is 0 Å². The summed E-state index contributed by atoms with van der Waals surface area (Å²) in [5.41, 5.74) is 0.194. The molecule has 1 amide bonds. The van der Waals surface area contributed by atoms with E-state index >= 15 is 0 Å². The van der Waals surface area contributed by atoms with Crippen LogP contribution < -0.4 is 10.1 Å². The molecule has 1 rings (SSSR count). The van der Waals surface area contributed by atoms with Gasteiger partial charge in [-0.1, -0.05) is 0 Å². The third-order valence-electron chi connectivity index (χ3n) is 2.93. The minimum absolute atomic E-state index is 0.194. The molecule has 0 saturated carbocycles. The van der Waals surface area contributed by atoms with E-state index in [1.54, 1.807) is 14.0 Å². The number of rotatable bonds is 8. The van der Waals surface area contributed by atoms with Crippen LogP contribution >= 0.6 is 0 Å². The van der Waals surface area contributed by atoms with Gasteiger partial charge in [0.25, 0.3) is 5.91 Å². The van der Waals surface area contributed by atoms with E-state index in [0.717, 1.165) is 6.07 Å². The van der Waals surface area contributed by atoms with Gasteiger partial charge in [0.15, 0.2) is 6.10 Å². The Morgan fingerprint density at radius 3 is 2.71 bits per heavy atom. The highest BCUT2D eigenvalue weighted by Gasteiger charge is 2.15. The Labute approximate surface area is 124 Å². The molecular weight excluding hydrogens is 277 g/mol. The number of hydrogen-bond donors (Lipinski definition) is 2. The van der Waals surface area contributed by atoms with Crippen molar-refractivity contribution in [3.63, 3.8) is 0 Å². The Morgan fingerprint density at radius 2 is 2.14 bits per heavy atom. The van der Waals surface area contributed by atoms with Crippen molar-refractivity contribution in [3.05, 3.63) is 29.6 Å². The van der Waals surface area contributed by atoms with Crippen molar-refractivity contribution >= 4 is 5.91 Å². The fraction of sp³-hybridized carbons (Fsp3) is 0.533. The van der Waals surface area contributed by atoms with Gasteiger partial charge in [0, 0.05) is 31.9 Å². The summed E-state index contributed by atoms with van der Waals surface area (Å²) < 4.78 is 23.9. The number of methoxy groups -OCH3 is 1. The lowest BCUT2D eigenvalue weighted by Crippen LogP contribution is -2.37. The number of ether oxygens (including phenoxy) is 2. The summed E-state index contributed by atoms with van der Waals surface area (Å²) in [6.45, 7) is 4.14. The lowest BCUT2D eigenvalue weighted by molar-refractivity contribution is -0.127. The number of aliphatic hydroxyl groups excluding tert-OH is 1. The summed E-state index contributed by atoms with van der Waals surface area (Å²) in [6.07, 6.45) is -0.906. The van der Waals surface area contributed by atoms with Crippen LogP contribution in [0.3, 0.4) is 0 Å². The molecule has 118 valence electrons. The quantitative estimate of drug-likeness (QED) is 0.718. The Kier molecular flexibility index (Phi) is 7.11. The number of amides is 1. The highest BCUT2D eigenvalue weighted by molar-refractivity contribution is 5.80. The third kappa shape index (κ3) is 5.69. The zero-order valence-corrected chi connectivity index (χ0v) is 12.6. The van der Waals surface area contributed by atoms with Gasteiger partial charge in [0.05, 0.1) is 6.10 Å². The zero-order chi connectivity index (χ0) is 15.8. The molecule has 1 unspecified atom stereocenters. The van der Waals surface area contributed by atoms with Crippen LogP contribution in [-0.2, 0) is 9.53 Å². The van der Waals surface area contributed by atoms with Crippen molar-refractivity contribution in [2.75, 3.05) is 20.3 Å². The van der Waals surface area contributed by atoms with Crippen LogP contribution in [0.4, 0.5) is 4.39 Å². The van der Waals surface area contributed by atoms with Gasteiger partial charge < -0.3 is 19.9 Å². The molecule has 0 radical (unpaired) electrons. The van der Waals surface area contributed by atoms with Crippen molar-refractivity contribution in [2.45, 2.75) is 32.5 Å². The molecule has 1 aromatic rings. The molecule has 0 bridgehead atoms. The fourth-order valence-corrected chi connectivity index (χ4v) is 1.75. The average molecular weight is 299 g/mol. The number of carbonyl (C=O) groups is 1. The number of benzene rings is 1. The Morgan fingerprint density at radius 1 is 1.43 bits per heavy atom. The molecule has 1 aromatic carbocycles. The predicted molar refractivity (Wildman–Crippen MR) is 76.6 cm³/mol. The molecular formula is C15H22FNO4. The molecule has 0 aliphatic heterocycles. The highest BCUT2D eigenvalue weighted by Crippen LogP contribution is 2.22. The smallest absolute Gasteiger partial charge is 0.260 e. The van der Waals surface area contributed by atoms with Crippen LogP contribution in [-0.4, -0.2) is 37.4 Å². The summed E-state index contributed by atoms with van der Waals surface area (Å²) in [5, 5.41) is 12.1. The molecule has 0 saturated heterocycles. The van der Waals surface area contributed by atoms with Crippen LogP contribution in [0.5, 0.6) is 5.75 Å². The second kappa shape index (κ2) is 8.59. The van der Waals surface area contributed by atoms with Gasteiger partial charge >= 0.3 is 0 Å². The first-order valence-corrected chi connectivity index (χ1v) is 6.86. The van der Waals surface area contributed by atoms with E-state index in [0.29, 0.717) is 19.6 Å². The molecule has 0 heterocycles. The molecule has 5 nitrogen and oxygen atoms in total. The van der Waals surface area contributed by atoms with Gasteiger partial charge in [-0.15, -0.1) is 0 Å². The molecule has 0 spiro atoms. The standard InChI is InChI=1S/C15H22FNO4/c1-10(18)13-6-5-12(9-14(13)16)21-11(2)15(19)17-7-4-8-20-3/h5-6,9-11,18H,4,7-8H2,1-3H3,(H,17,19)/t10-,11?/m1/s1. The maximum Gasteiger partial charge on any atom is 0.260 e. The maximum absolute atomic E-state index is 13.7. The third-order valence-corrected chi connectivity index (χ3v) is 2.93. The molecule has 21 heavy (non-hydrogen) atoms. The maximum atomic E-state index is 13.7. The van der Waals surface area contributed by atoms with Crippen LogP contribution in [0.25, 0.3) is 0 Å². The molecule has 2 N–H and O–H groups in total. The van der Waals surface area contributed by atoms with E-state index in [1.165, 1.54) is 19.1 Å². The molecule has 2 atom stereocenters. The highest BCUT2D eigenvalue weighted by atomic mass is 19.1. The van der Waals surface area contributed by atoms with Gasteiger partial charge in [-0.2, -0.15) is 0 Å². The minimum atomic E-state index is -0.888. The first-order chi connectivity index (χ1) is 9.95. The van der Waals surface area contributed by atoms with Crippen LogP contribution in [0.1, 0.15) is 31.9 Å². The van der Waals surface area contributed by atoms with Gasteiger partial charge in [0.1, 0.15) is 11.6 Å². The van der Waals surface area contributed by atoms with Gasteiger partial charge in [-0.3, -0.25) is 4.79 Å². The lowest BCUT2D eigenvalue weighted by atomic mass is 10.1. The first-order valence-electron chi connectivity index (χ1n) is 6.86. The van der Waals surface area contributed by atoms with Crippen molar-refractivity contribution < 1.29 is 23.8 Å².